The molecule has 1 unspecified atom stereocenters. The van der Waals surface area contributed by atoms with E-state index in [1.807, 2.05) is 0 Å². The number of carboxylic acids is 2. The van der Waals surface area contributed by atoms with Gasteiger partial charge in [0.25, 0.3) is 11.9 Å². The molecular weight excluding hydrogens is 240 g/mol. The van der Waals surface area contributed by atoms with E-state index in [0.717, 1.165) is 46.6 Å². The van der Waals surface area contributed by atoms with E-state index >= 15 is 0 Å². The van der Waals surface area contributed by atoms with E-state index in [2.05, 4.69) is 11.8 Å². The summed E-state index contributed by atoms with van der Waals surface area (Å²) in [6, 6.07) is 0. The highest BCUT2D eigenvalue weighted by Crippen LogP contribution is 2.02. The molecule has 0 aliphatic carbocycles. The van der Waals surface area contributed by atoms with Crippen molar-refractivity contribution in [2.24, 2.45) is 5.73 Å². The van der Waals surface area contributed by atoms with Gasteiger partial charge in [-0.25, -0.2) is 0 Å². The van der Waals surface area contributed by atoms with Gasteiger partial charge in [0.2, 0.25) is 0 Å². The molecule has 0 radical (unpaired) electrons. The fourth-order valence-corrected chi connectivity index (χ4v) is 1.28. The van der Waals surface area contributed by atoms with E-state index in [4.69, 9.17) is 30.3 Å². The van der Waals surface area contributed by atoms with Crippen LogP contribution in [0.3, 0.4) is 0 Å². The summed E-state index contributed by atoms with van der Waals surface area (Å²) >= 11 is 0. The molecule has 0 amide bonds. The molecule has 18 heavy (non-hydrogen) atoms. The minimum absolute atomic E-state index is 0.389. The average molecular weight is 264 g/mol. The summed E-state index contributed by atoms with van der Waals surface area (Å²) in [4.78, 5) is 20.3. The number of hydrogen-bond acceptors (Lipinski definition) is 5. The molecule has 7 heteroatoms. The highest BCUT2D eigenvalue weighted by molar-refractivity contribution is 5.63. The normalized spacial score (nSPS) is 18.8. The lowest BCUT2D eigenvalue weighted by Crippen LogP contribution is -2.43. The van der Waals surface area contributed by atoms with Crippen molar-refractivity contribution in [3.05, 3.63) is 0 Å². The number of morpholine rings is 1. The van der Waals surface area contributed by atoms with Gasteiger partial charge in [0.05, 0.1) is 12.7 Å². The lowest BCUT2D eigenvalue weighted by atomic mass is 10.3. The summed E-state index contributed by atoms with van der Waals surface area (Å²) < 4.78 is 5.37. The van der Waals surface area contributed by atoms with Crippen molar-refractivity contribution < 1.29 is 24.5 Å². The third kappa shape index (κ3) is 20.3. The molecule has 7 nitrogen and oxygen atoms in total. The van der Waals surface area contributed by atoms with Crippen LogP contribution in [0.1, 0.15) is 20.8 Å². The summed E-state index contributed by atoms with van der Waals surface area (Å²) in [5.41, 5.74) is 5.42. The van der Waals surface area contributed by atoms with Crippen LogP contribution in [0.4, 0.5) is 0 Å². The molecule has 108 valence electrons. The predicted molar refractivity (Wildman–Crippen MR) is 67.5 cm³/mol. The third-order valence-corrected chi connectivity index (χ3v) is 1.77. The minimum Gasteiger partial charge on any atom is -0.481 e. The number of nitrogens with zero attached hydrogens (tertiary/aromatic N) is 1. The van der Waals surface area contributed by atoms with Gasteiger partial charge >= 0.3 is 0 Å². The van der Waals surface area contributed by atoms with Crippen molar-refractivity contribution in [2.75, 3.05) is 32.8 Å². The van der Waals surface area contributed by atoms with Crippen LogP contribution in [-0.4, -0.2) is 65.9 Å². The lowest BCUT2D eigenvalue weighted by Gasteiger charge is -2.30. The Balaban J connectivity index is 0. The zero-order valence-electron chi connectivity index (χ0n) is 11.3. The predicted octanol–water partition coefficient (Wildman–Crippen LogP) is -0.152. The number of ether oxygens (including phenoxy) is 1. The maximum absolute atomic E-state index is 9.00. The number of carbonyl (C=O) groups is 2. The first-order chi connectivity index (χ1) is 8.29. The maximum Gasteiger partial charge on any atom is 0.300 e. The highest BCUT2D eigenvalue weighted by Gasteiger charge is 2.14. The Morgan fingerprint density at radius 3 is 2.11 bits per heavy atom. The fraction of sp³-hybridized carbons (Fsp3) is 0.818. The van der Waals surface area contributed by atoms with Crippen molar-refractivity contribution in [1.29, 1.82) is 0 Å². The van der Waals surface area contributed by atoms with Crippen molar-refractivity contribution >= 4 is 11.9 Å². The van der Waals surface area contributed by atoms with E-state index < -0.39 is 11.9 Å². The summed E-state index contributed by atoms with van der Waals surface area (Å²) in [5.74, 6) is -1.67. The largest absolute Gasteiger partial charge is 0.481 e. The number of aliphatic carboxylic acids is 2. The number of nitrogens with two attached hydrogens (primary N) is 1. The summed E-state index contributed by atoms with van der Waals surface area (Å²) in [6.45, 7) is 8.98. The molecule has 1 aliphatic heterocycles. The lowest BCUT2D eigenvalue weighted by molar-refractivity contribution is -0.135. The Hall–Kier alpha value is -1.18. The van der Waals surface area contributed by atoms with Crippen LogP contribution in [0, 0.1) is 0 Å². The minimum atomic E-state index is -0.833. The van der Waals surface area contributed by atoms with E-state index in [1.165, 1.54) is 0 Å². The zero-order valence-corrected chi connectivity index (χ0v) is 11.3. The molecule has 0 saturated carbocycles. The molecule has 1 atom stereocenters. The number of carboxylic acid groups (broad SMARTS) is 2. The maximum atomic E-state index is 9.00. The van der Waals surface area contributed by atoms with Gasteiger partial charge in [-0.3, -0.25) is 14.5 Å². The number of rotatable bonds is 2. The second kappa shape index (κ2) is 12.3. The molecule has 0 aromatic carbocycles. The Morgan fingerprint density at radius 1 is 1.33 bits per heavy atom. The van der Waals surface area contributed by atoms with Gasteiger partial charge in [-0.2, -0.15) is 0 Å². The monoisotopic (exact) mass is 264 g/mol. The molecule has 1 heterocycles. The first-order valence-corrected chi connectivity index (χ1v) is 5.72. The average Bonchev–Trinajstić information content (AvgIpc) is 2.16. The first-order valence-electron chi connectivity index (χ1n) is 5.72. The summed E-state index contributed by atoms with van der Waals surface area (Å²) in [7, 11) is 0. The Bertz CT molecular complexity index is 213. The van der Waals surface area contributed by atoms with Gasteiger partial charge < -0.3 is 20.7 Å². The molecule has 1 saturated heterocycles. The molecule has 1 fully saturated rings. The van der Waals surface area contributed by atoms with Crippen LogP contribution in [0.15, 0.2) is 0 Å². The van der Waals surface area contributed by atoms with Gasteiger partial charge in [0.1, 0.15) is 0 Å². The standard InChI is InChI=1S/C7H16N2O.2C2H4O2/c1-7-6-9(3-2-8)4-5-10-7;2*1-2(3)4/h7H,2-6,8H2,1H3;2*1H3,(H,3,4). The number of hydrogen-bond donors (Lipinski definition) is 3. The quantitative estimate of drug-likeness (QED) is 0.635. The second-order valence-electron chi connectivity index (χ2n) is 3.81. The van der Waals surface area contributed by atoms with Gasteiger partial charge in [-0.1, -0.05) is 0 Å². The van der Waals surface area contributed by atoms with Crippen LogP contribution in [-0.2, 0) is 14.3 Å². The molecule has 0 bridgehead atoms. The summed E-state index contributed by atoms with van der Waals surface area (Å²) in [6.07, 6.45) is 0.389. The summed E-state index contributed by atoms with van der Waals surface area (Å²) in [5, 5.41) is 14.8. The van der Waals surface area contributed by atoms with Crippen molar-refractivity contribution in [1.82, 2.24) is 4.90 Å². The second-order valence-corrected chi connectivity index (χ2v) is 3.81. The van der Waals surface area contributed by atoms with E-state index in [1.54, 1.807) is 0 Å². The van der Waals surface area contributed by atoms with Crippen LogP contribution in [0.25, 0.3) is 0 Å². The molecule has 0 spiro atoms. The fourth-order valence-electron chi connectivity index (χ4n) is 1.28. The van der Waals surface area contributed by atoms with Crippen molar-refractivity contribution in [3.63, 3.8) is 0 Å². The van der Waals surface area contributed by atoms with Crippen LogP contribution in [0.2, 0.25) is 0 Å². The SMILES string of the molecule is CC(=O)O.CC(=O)O.CC1CN(CCN)CCO1. The molecule has 4 N–H and O–H groups in total. The van der Waals surface area contributed by atoms with E-state index in [0.29, 0.717) is 6.10 Å². The smallest absolute Gasteiger partial charge is 0.300 e. The van der Waals surface area contributed by atoms with Gasteiger partial charge in [-0.05, 0) is 6.92 Å². The molecule has 0 aromatic heterocycles. The molecule has 1 aliphatic rings. The van der Waals surface area contributed by atoms with Gasteiger partial charge in [0.15, 0.2) is 0 Å². The van der Waals surface area contributed by atoms with Gasteiger partial charge in [-0.15, -0.1) is 0 Å². The topological polar surface area (TPSA) is 113 Å². The third-order valence-electron chi connectivity index (χ3n) is 1.77. The first kappa shape index (κ1) is 19.2. The van der Waals surface area contributed by atoms with Crippen LogP contribution < -0.4 is 5.73 Å². The Labute approximate surface area is 108 Å². The Kier molecular flexibility index (Phi) is 13.1. The Morgan fingerprint density at radius 2 is 1.78 bits per heavy atom. The van der Waals surface area contributed by atoms with E-state index in [-0.39, 0.29) is 0 Å². The van der Waals surface area contributed by atoms with Gasteiger partial charge in [0, 0.05) is 40.0 Å². The van der Waals surface area contributed by atoms with E-state index in [9.17, 15) is 0 Å². The molecule has 0 aromatic rings. The van der Waals surface area contributed by atoms with Crippen molar-refractivity contribution in [2.45, 2.75) is 26.9 Å². The highest BCUT2D eigenvalue weighted by atomic mass is 16.5. The van der Waals surface area contributed by atoms with Crippen LogP contribution >= 0.6 is 0 Å². The van der Waals surface area contributed by atoms with Crippen molar-refractivity contribution in [3.8, 4) is 0 Å². The van der Waals surface area contributed by atoms with Crippen LogP contribution in [0.5, 0.6) is 0 Å². The molecule has 1 rings (SSSR count). The molecular formula is C11H24N2O5. The zero-order chi connectivity index (χ0) is 14.6.